The summed E-state index contributed by atoms with van der Waals surface area (Å²) in [6, 6.07) is 5.29. The number of anilines is 1. The molecule has 1 aromatic carbocycles. The molecular weight excluding hydrogens is 307 g/mol. The molecular formula is C11H12BrClN2O2. The second kappa shape index (κ2) is 5.35. The minimum Gasteiger partial charge on any atom is -0.390 e. The summed E-state index contributed by atoms with van der Waals surface area (Å²) in [6.07, 6.45) is -0.293. The van der Waals surface area contributed by atoms with Gasteiger partial charge in [-0.3, -0.25) is 9.69 Å². The summed E-state index contributed by atoms with van der Waals surface area (Å²) in [7, 11) is 0. The molecule has 0 spiro atoms. The van der Waals surface area contributed by atoms with E-state index >= 15 is 0 Å². The van der Waals surface area contributed by atoms with E-state index in [-0.39, 0.29) is 18.6 Å². The number of amides is 1. The van der Waals surface area contributed by atoms with Gasteiger partial charge in [0.2, 0.25) is 5.91 Å². The van der Waals surface area contributed by atoms with E-state index < -0.39 is 0 Å². The first-order valence-corrected chi connectivity index (χ1v) is 6.37. The molecule has 17 heavy (non-hydrogen) atoms. The van der Waals surface area contributed by atoms with Crippen LogP contribution < -0.4 is 5.32 Å². The van der Waals surface area contributed by atoms with Gasteiger partial charge in [-0.25, -0.2) is 0 Å². The van der Waals surface area contributed by atoms with Crippen molar-refractivity contribution in [2.75, 3.05) is 25.0 Å². The molecule has 4 nitrogen and oxygen atoms in total. The number of aliphatic hydroxyl groups is 1. The SMILES string of the molecule is O=C(CN1CC(O)C1)Nc1ccc(Br)cc1Cl. The Morgan fingerprint density at radius 3 is 2.88 bits per heavy atom. The number of hydrogen-bond acceptors (Lipinski definition) is 3. The van der Waals surface area contributed by atoms with Crippen LogP contribution in [0.3, 0.4) is 0 Å². The minimum absolute atomic E-state index is 0.124. The first kappa shape index (κ1) is 12.8. The smallest absolute Gasteiger partial charge is 0.238 e. The summed E-state index contributed by atoms with van der Waals surface area (Å²) >= 11 is 9.28. The topological polar surface area (TPSA) is 52.6 Å². The van der Waals surface area contributed by atoms with Gasteiger partial charge < -0.3 is 10.4 Å². The number of hydrogen-bond donors (Lipinski definition) is 2. The lowest BCUT2D eigenvalue weighted by atomic mass is 10.2. The van der Waals surface area contributed by atoms with Crippen LogP contribution in [0.4, 0.5) is 5.69 Å². The molecule has 0 atom stereocenters. The maximum atomic E-state index is 11.7. The molecule has 1 fully saturated rings. The third-order valence-corrected chi connectivity index (χ3v) is 3.32. The second-order valence-corrected chi connectivity index (χ2v) is 5.34. The molecule has 0 unspecified atom stereocenters. The number of halogens is 2. The lowest BCUT2D eigenvalue weighted by Crippen LogP contribution is -2.53. The van der Waals surface area contributed by atoms with Crippen LogP contribution in [0.25, 0.3) is 0 Å². The largest absolute Gasteiger partial charge is 0.390 e. The lowest BCUT2D eigenvalue weighted by molar-refractivity contribution is -0.119. The van der Waals surface area contributed by atoms with Crippen LogP contribution in [-0.2, 0) is 4.79 Å². The van der Waals surface area contributed by atoms with Gasteiger partial charge >= 0.3 is 0 Å². The monoisotopic (exact) mass is 318 g/mol. The number of likely N-dealkylation sites (tertiary alicyclic amines) is 1. The van der Waals surface area contributed by atoms with Gasteiger partial charge in [-0.1, -0.05) is 27.5 Å². The van der Waals surface area contributed by atoms with Crippen molar-refractivity contribution >= 4 is 39.1 Å². The molecule has 0 radical (unpaired) electrons. The van der Waals surface area contributed by atoms with E-state index in [1.165, 1.54) is 0 Å². The summed E-state index contributed by atoms with van der Waals surface area (Å²) in [5.74, 6) is -0.124. The molecule has 0 aromatic heterocycles. The molecule has 2 N–H and O–H groups in total. The summed E-state index contributed by atoms with van der Waals surface area (Å²) in [5.41, 5.74) is 0.598. The highest BCUT2D eigenvalue weighted by Gasteiger charge is 2.25. The highest BCUT2D eigenvalue weighted by atomic mass is 79.9. The predicted octanol–water partition coefficient (Wildman–Crippen LogP) is 1.72. The standard InChI is InChI=1S/C11H12BrClN2O2/c12-7-1-2-10(9(13)3-7)14-11(17)6-15-4-8(16)5-15/h1-3,8,16H,4-6H2,(H,14,17). The number of carbonyl (C=O) groups excluding carboxylic acids is 1. The fraction of sp³-hybridized carbons (Fsp3) is 0.364. The van der Waals surface area contributed by atoms with Crippen LogP contribution in [0.5, 0.6) is 0 Å². The Balaban J connectivity index is 1.89. The van der Waals surface area contributed by atoms with Crippen molar-refractivity contribution in [2.45, 2.75) is 6.10 Å². The Labute approximate surface area is 113 Å². The molecule has 2 rings (SSSR count). The van der Waals surface area contributed by atoms with Crippen molar-refractivity contribution < 1.29 is 9.90 Å². The summed E-state index contributed by atoms with van der Waals surface area (Å²) < 4.78 is 0.867. The van der Waals surface area contributed by atoms with Crippen molar-refractivity contribution in [3.05, 3.63) is 27.7 Å². The molecule has 1 aliphatic heterocycles. The maximum Gasteiger partial charge on any atom is 0.238 e. The fourth-order valence-electron chi connectivity index (χ4n) is 1.66. The van der Waals surface area contributed by atoms with E-state index in [9.17, 15) is 4.79 Å². The molecule has 0 aliphatic carbocycles. The van der Waals surface area contributed by atoms with Crippen molar-refractivity contribution in [3.8, 4) is 0 Å². The number of nitrogens with zero attached hydrogens (tertiary/aromatic N) is 1. The molecule has 1 amide bonds. The number of β-amino-alcohol motifs (C(OH)–C–C–N with tert-alkyl or cyclic N) is 1. The number of benzene rings is 1. The average Bonchev–Trinajstić information content (AvgIpc) is 2.20. The van der Waals surface area contributed by atoms with Crippen LogP contribution in [0.1, 0.15) is 0 Å². The zero-order chi connectivity index (χ0) is 12.4. The van der Waals surface area contributed by atoms with E-state index in [1.807, 2.05) is 11.0 Å². The molecule has 1 aromatic rings. The highest BCUT2D eigenvalue weighted by molar-refractivity contribution is 9.10. The third-order valence-electron chi connectivity index (χ3n) is 2.51. The minimum atomic E-state index is -0.293. The van der Waals surface area contributed by atoms with E-state index in [0.717, 1.165) is 4.47 Å². The number of aliphatic hydroxyl groups excluding tert-OH is 1. The average molecular weight is 320 g/mol. The van der Waals surface area contributed by atoms with Gasteiger partial charge in [0.1, 0.15) is 0 Å². The zero-order valence-corrected chi connectivity index (χ0v) is 11.3. The van der Waals surface area contributed by atoms with E-state index in [2.05, 4.69) is 21.2 Å². The summed E-state index contributed by atoms with van der Waals surface area (Å²) in [6.45, 7) is 1.40. The van der Waals surface area contributed by atoms with Crippen molar-refractivity contribution in [3.63, 3.8) is 0 Å². The molecule has 1 heterocycles. The Morgan fingerprint density at radius 1 is 1.59 bits per heavy atom. The normalized spacial score (nSPS) is 16.6. The van der Waals surface area contributed by atoms with Gasteiger partial charge in [-0.2, -0.15) is 0 Å². The maximum absolute atomic E-state index is 11.7. The van der Waals surface area contributed by atoms with Crippen LogP contribution in [-0.4, -0.2) is 41.7 Å². The number of nitrogens with one attached hydrogen (secondary N) is 1. The molecule has 1 aliphatic rings. The van der Waals surface area contributed by atoms with Crippen LogP contribution in [0.2, 0.25) is 5.02 Å². The number of carbonyl (C=O) groups is 1. The van der Waals surface area contributed by atoms with E-state index in [0.29, 0.717) is 23.8 Å². The van der Waals surface area contributed by atoms with Crippen LogP contribution in [0, 0.1) is 0 Å². The molecule has 0 saturated carbocycles. The van der Waals surface area contributed by atoms with Crippen molar-refractivity contribution in [1.82, 2.24) is 4.90 Å². The lowest BCUT2D eigenvalue weighted by Gasteiger charge is -2.35. The summed E-state index contributed by atoms with van der Waals surface area (Å²) in [4.78, 5) is 13.5. The van der Waals surface area contributed by atoms with E-state index in [4.69, 9.17) is 16.7 Å². The van der Waals surface area contributed by atoms with Gasteiger partial charge in [0.15, 0.2) is 0 Å². The molecule has 6 heteroatoms. The summed E-state index contributed by atoms with van der Waals surface area (Å²) in [5, 5.41) is 12.3. The first-order chi connectivity index (χ1) is 8.04. The van der Waals surface area contributed by atoms with Crippen LogP contribution in [0.15, 0.2) is 22.7 Å². The van der Waals surface area contributed by atoms with E-state index in [1.54, 1.807) is 12.1 Å². The van der Waals surface area contributed by atoms with Gasteiger partial charge in [-0.05, 0) is 18.2 Å². The van der Waals surface area contributed by atoms with Crippen LogP contribution >= 0.6 is 27.5 Å². The molecule has 92 valence electrons. The Hall–Kier alpha value is -0.620. The Kier molecular flexibility index (Phi) is 4.04. The fourth-order valence-corrected chi connectivity index (χ4v) is 2.38. The zero-order valence-electron chi connectivity index (χ0n) is 8.99. The quantitative estimate of drug-likeness (QED) is 0.892. The molecule has 1 saturated heterocycles. The Bertz CT molecular complexity index is 435. The third kappa shape index (κ3) is 3.42. The van der Waals surface area contributed by atoms with Gasteiger partial charge in [0.05, 0.1) is 23.4 Å². The van der Waals surface area contributed by atoms with Gasteiger partial charge in [0, 0.05) is 17.6 Å². The van der Waals surface area contributed by atoms with Gasteiger partial charge in [0.25, 0.3) is 0 Å². The predicted molar refractivity (Wildman–Crippen MR) is 70.2 cm³/mol. The second-order valence-electron chi connectivity index (χ2n) is 4.02. The number of rotatable bonds is 3. The van der Waals surface area contributed by atoms with Crippen molar-refractivity contribution in [2.24, 2.45) is 0 Å². The van der Waals surface area contributed by atoms with Crippen molar-refractivity contribution in [1.29, 1.82) is 0 Å². The first-order valence-electron chi connectivity index (χ1n) is 5.20. The highest BCUT2D eigenvalue weighted by Crippen LogP contribution is 2.25. The van der Waals surface area contributed by atoms with Gasteiger partial charge in [-0.15, -0.1) is 0 Å². The molecule has 0 bridgehead atoms. The Morgan fingerprint density at radius 2 is 2.29 bits per heavy atom.